The Labute approximate surface area is 159 Å². The van der Waals surface area contributed by atoms with E-state index in [2.05, 4.69) is 11.1 Å². The number of amides is 1. The molecule has 0 unspecified atom stereocenters. The number of fused-ring (bicyclic) bond motifs is 1. The Hall–Kier alpha value is -2.86. The van der Waals surface area contributed by atoms with Crippen LogP contribution in [0.5, 0.6) is 0 Å². The minimum absolute atomic E-state index is 0.0939. The molecule has 0 spiro atoms. The Kier molecular flexibility index (Phi) is 5.42. The fourth-order valence-corrected chi connectivity index (χ4v) is 3.20. The lowest BCUT2D eigenvalue weighted by molar-refractivity contribution is -0.163. The molecule has 1 N–H and O–H groups in total. The van der Waals surface area contributed by atoms with Gasteiger partial charge in [-0.2, -0.15) is 18.4 Å². The van der Waals surface area contributed by atoms with Crippen molar-refractivity contribution in [2.45, 2.75) is 38.3 Å². The molecular weight excluding hydrogens is 373 g/mol. The molecule has 1 aromatic carbocycles. The third-order valence-corrected chi connectivity index (χ3v) is 4.61. The van der Waals surface area contributed by atoms with Crippen LogP contribution in [0.4, 0.5) is 18.9 Å². The first-order valence-electron chi connectivity index (χ1n) is 8.76. The molecule has 1 aliphatic rings. The molecule has 2 aromatic rings. The number of anilines is 1. The quantitative estimate of drug-likeness (QED) is 0.869. The Morgan fingerprint density at radius 3 is 2.82 bits per heavy atom. The zero-order valence-electron chi connectivity index (χ0n) is 15.3. The lowest BCUT2D eigenvalue weighted by Gasteiger charge is -2.38. The molecule has 9 heteroatoms. The van der Waals surface area contributed by atoms with Crippen molar-refractivity contribution in [1.29, 1.82) is 5.26 Å². The number of alkyl halides is 3. The first-order chi connectivity index (χ1) is 13.2. The van der Waals surface area contributed by atoms with Gasteiger partial charge in [0.15, 0.2) is 6.10 Å². The van der Waals surface area contributed by atoms with Crippen molar-refractivity contribution in [3.8, 4) is 6.07 Å². The van der Waals surface area contributed by atoms with E-state index in [0.29, 0.717) is 17.6 Å². The van der Waals surface area contributed by atoms with Crippen LogP contribution >= 0.6 is 0 Å². The van der Waals surface area contributed by atoms with Gasteiger partial charge >= 0.3 is 6.18 Å². The predicted molar refractivity (Wildman–Crippen MR) is 96.7 cm³/mol. The molecule has 2 heterocycles. The molecule has 0 saturated carbocycles. The van der Waals surface area contributed by atoms with Crippen LogP contribution in [-0.2, 0) is 9.53 Å². The highest BCUT2D eigenvalue weighted by atomic mass is 19.4. The van der Waals surface area contributed by atoms with E-state index in [1.54, 1.807) is 31.3 Å². The summed E-state index contributed by atoms with van der Waals surface area (Å²) in [6, 6.07) is 7.09. The van der Waals surface area contributed by atoms with Crippen molar-refractivity contribution < 1.29 is 22.7 Å². The van der Waals surface area contributed by atoms with Crippen LogP contribution in [0.25, 0.3) is 10.9 Å². The number of morpholine rings is 1. The third kappa shape index (κ3) is 4.02. The van der Waals surface area contributed by atoms with Gasteiger partial charge in [-0.3, -0.25) is 9.78 Å². The van der Waals surface area contributed by atoms with Gasteiger partial charge in [-0.05, 0) is 38.1 Å². The Balaban J connectivity index is 1.87. The smallest absolute Gasteiger partial charge is 0.365 e. The van der Waals surface area contributed by atoms with E-state index in [1.165, 1.54) is 0 Å². The summed E-state index contributed by atoms with van der Waals surface area (Å²) in [5.41, 5.74) is 1.71. The number of nitrogens with one attached hydrogen (secondary N) is 1. The van der Waals surface area contributed by atoms with Gasteiger partial charge in [0.25, 0.3) is 5.91 Å². The summed E-state index contributed by atoms with van der Waals surface area (Å²) < 4.78 is 43.8. The van der Waals surface area contributed by atoms with Gasteiger partial charge < -0.3 is 15.0 Å². The first kappa shape index (κ1) is 19.9. The van der Waals surface area contributed by atoms with Gasteiger partial charge in [0, 0.05) is 23.8 Å². The van der Waals surface area contributed by atoms with E-state index >= 15 is 0 Å². The lowest BCUT2D eigenvalue weighted by atomic mass is 10.1. The van der Waals surface area contributed by atoms with Crippen molar-refractivity contribution in [3.05, 3.63) is 36.0 Å². The lowest BCUT2D eigenvalue weighted by Crippen LogP contribution is -2.55. The number of ether oxygens (including phenoxy) is 1. The second-order valence-electron chi connectivity index (χ2n) is 6.76. The third-order valence-electron chi connectivity index (χ3n) is 4.61. The predicted octanol–water partition coefficient (Wildman–Crippen LogP) is 2.77. The normalized spacial score (nSPS) is 21.2. The number of nitrogens with zero attached hydrogens (tertiary/aromatic N) is 3. The topological polar surface area (TPSA) is 78.2 Å². The van der Waals surface area contributed by atoms with E-state index in [1.807, 2.05) is 16.3 Å². The number of carbonyl (C=O) groups is 1. The molecule has 1 fully saturated rings. The zero-order chi connectivity index (χ0) is 20.5. The van der Waals surface area contributed by atoms with Crippen molar-refractivity contribution >= 4 is 22.5 Å². The Morgan fingerprint density at radius 1 is 1.39 bits per heavy atom. The molecule has 28 heavy (non-hydrogen) atoms. The summed E-state index contributed by atoms with van der Waals surface area (Å²) in [6.45, 7) is 3.19. The summed E-state index contributed by atoms with van der Waals surface area (Å²) in [4.78, 5) is 18.5. The number of hydrogen-bond donors (Lipinski definition) is 1. The molecular formula is C19H19F3N4O2. The number of carbonyl (C=O) groups excluding carboxylic acids is 1. The molecule has 148 valence electrons. The first-order valence-corrected chi connectivity index (χ1v) is 8.76. The second-order valence-corrected chi connectivity index (χ2v) is 6.76. The van der Waals surface area contributed by atoms with E-state index in [9.17, 15) is 23.2 Å². The maximum Gasteiger partial charge on any atom is 0.408 e. The summed E-state index contributed by atoms with van der Waals surface area (Å²) in [6.07, 6.45) is -4.35. The minimum Gasteiger partial charge on any atom is -0.365 e. The van der Waals surface area contributed by atoms with Crippen LogP contribution in [-0.4, -0.2) is 48.4 Å². The number of pyridine rings is 1. The van der Waals surface area contributed by atoms with Crippen LogP contribution < -0.4 is 10.2 Å². The largest absolute Gasteiger partial charge is 0.408 e. The van der Waals surface area contributed by atoms with Crippen LogP contribution in [0.1, 0.15) is 19.4 Å². The van der Waals surface area contributed by atoms with Crippen molar-refractivity contribution in [3.63, 3.8) is 0 Å². The van der Waals surface area contributed by atoms with Gasteiger partial charge in [-0.15, -0.1) is 0 Å². The molecule has 6 nitrogen and oxygen atoms in total. The molecule has 3 rings (SSSR count). The summed E-state index contributed by atoms with van der Waals surface area (Å²) in [5.74, 6) is -0.808. The fraction of sp³-hybridized carbons (Fsp3) is 0.421. The van der Waals surface area contributed by atoms with Gasteiger partial charge in [-0.1, -0.05) is 0 Å². The number of benzene rings is 1. The highest BCUT2D eigenvalue weighted by Gasteiger charge is 2.39. The minimum atomic E-state index is -4.52. The van der Waals surface area contributed by atoms with E-state index in [0.717, 1.165) is 18.0 Å². The van der Waals surface area contributed by atoms with Gasteiger partial charge in [-0.25, -0.2) is 0 Å². The number of hydrogen-bond acceptors (Lipinski definition) is 5. The fourth-order valence-electron chi connectivity index (χ4n) is 3.20. The number of halogens is 3. The highest BCUT2D eigenvalue weighted by Crippen LogP contribution is 2.30. The van der Waals surface area contributed by atoms with Gasteiger partial charge in [0.1, 0.15) is 12.1 Å². The highest BCUT2D eigenvalue weighted by molar-refractivity contribution is 5.95. The van der Waals surface area contributed by atoms with Gasteiger partial charge in [0.05, 0.1) is 23.7 Å². The molecule has 1 aliphatic heterocycles. The van der Waals surface area contributed by atoms with E-state index in [-0.39, 0.29) is 12.6 Å². The zero-order valence-corrected chi connectivity index (χ0v) is 15.3. The maximum atomic E-state index is 12.7. The molecule has 3 atom stereocenters. The second kappa shape index (κ2) is 7.64. The number of nitriles is 1. The number of aromatic nitrogens is 1. The maximum absolute atomic E-state index is 12.7. The van der Waals surface area contributed by atoms with Crippen LogP contribution in [0, 0.1) is 11.3 Å². The molecule has 1 aromatic heterocycles. The SMILES string of the molecule is C[C@@H]1CN(c2ccc(C#N)c3ncccc23)C[C@H](C(=O)N[C@@H](C)C(F)(F)F)O1. The van der Waals surface area contributed by atoms with Crippen molar-refractivity contribution in [2.24, 2.45) is 0 Å². The number of rotatable bonds is 3. The standard InChI is InChI=1S/C19H19F3N4O2/c1-11-9-26(10-16(28-11)18(27)25-12(2)19(20,21)22)15-6-5-13(8-23)17-14(15)4-3-7-24-17/h3-7,11-12,16H,9-10H2,1-2H3,(H,25,27)/t11-,12+,16-/m1/s1. The van der Waals surface area contributed by atoms with Gasteiger partial charge in [0.2, 0.25) is 0 Å². The molecule has 0 radical (unpaired) electrons. The summed E-state index contributed by atoms with van der Waals surface area (Å²) in [7, 11) is 0. The van der Waals surface area contributed by atoms with Crippen LogP contribution in [0.3, 0.4) is 0 Å². The Bertz CT molecular complexity index is 926. The molecule has 1 saturated heterocycles. The average molecular weight is 392 g/mol. The Morgan fingerprint density at radius 2 is 2.14 bits per heavy atom. The van der Waals surface area contributed by atoms with Crippen LogP contribution in [0.15, 0.2) is 30.5 Å². The van der Waals surface area contributed by atoms with Crippen molar-refractivity contribution in [1.82, 2.24) is 10.3 Å². The monoisotopic (exact) mass is 392 g/mol. The summed E-state index contributed by atoms with van der Waals surface area (Å²) in [5, 5.41) is 12.0. The van der Waals surface area contributed by atoms with Crippen molar-refractivity contribution in [2.75, 3.05) is 18.0 Å². The van der Waals surface area contributed by atoms with Crippen LogP contribution in [0.2, 0.25) is 0 Å². The molecule has 1 amide bonds. The summed E-state index contributed by atoms with van der Waals surface area (Å²) >= 11 is 0. The molecule has 0 bridgehead atoms. The van der Waals surface area contributed by atoms with E-state index in [4.69, 9.17) is 4.74 Å². The molecule has 0 aliphatic carbocycles. The van der Waals surface area contributed by atoms with E-state index < -0.39 is 24.2 Å². The average Bonchev–Trinajstić information content (AvgIpc) is 2.65.